The molecule has 0 aromatic carbocycles. The van der Waals surface area contributed by atoms with E-state index in [2.05, 4.69) is 0 Å². The number of sulfone groups is 1. The molecule has 0 spiro atoms. The predicted octanol–water partition coefficient (Wildman–Crippen LogP) is 1.50. The molecular weight excluding hydrogens is 294 g/mol. The summed E-state index contributed by atoms with van der Waals surface area (Å²) < 4.78 is 23.0. The van der Waals surface area contributed by atoms with E-state index in [-0.39, 0.29) is 29.3 Å². The molecule has 0 N–H and O–H groups in total. The number of amides is 1. The third-order valence-electron chi connectivity index (χ3n) is 2.99. The second-order valence-electron chi connectivity index (χ2n) is 4.29. The zero-order valence-corrected chi connectivity index (χ0v) is 12.1. The Morgan fingerprint density at radius 2 is 2.33 bits per heavy atom. The number of nitrogens with zero attached hydrogens (tertiary/aromatic N) is 1. The van der Waals surface area contributed by atoms with E-state index in [4.69, 9.17) is 11.6 Å². The SMILES string of the molecule is O=C(CCl)N(Cc1cccs1)[C@H]1CCS(=O)(=O)C1. The van der Waals surface area contributed by atoms with Crippen LogP contribution in [0.15, 0.2) is 17.5 Å². The highest BCUT2D eigenvalue weighted by molar-refractivity contribution is 7.91. The van der Waals surface area contributed by atoms with Gasteiger partial charge in [-0.1, -0.05) is 6.07 Å². The van der Waals surface area contributed by atoms with Crippen LogP contribution in [0.5, 0.6) is 0 Å². The first kappa shape index (κ1) is 13.8. The highest BCUT2D eigenvalue weighted by Gasteiger charge is 2.34. The molecule has 1 aromatic rings. The molecule has 1 amide bonds. The monoisotopic (exact) mass is 307 g/mol. The summed E-state index contributed by atoms with van der Waals surface area (Å²) in [6.07, 6.45) is 0.510. The Morgan fingerprint density at radius 1 is 1.56 bits per heavy atom. The fourth-order valence-electron chi connectivity index (χ4n) is 2.09. The van der Waals surface area contributed by atoms with Gasteiger partial charge in [-0.25, -0.2) is 8.42 Å². The minimum absolute atomic E-state index is 0.0566. The van der Waals surface area contributed by atoms with Crippen LogP contribution in [0.1, 0.15) is 11.3 Å². The van der Waals surface area contributed by atoms with E-state index in [1.807, 2.05) is 17.5 Å². The Bertz CT molecular complexity index is 512. The van der Waals surface area contributed by atoms with Gasteiger partial charge in [0.1, 0.15) is 5.88 Å². The normalized spacial score (nSPS) is 21.9. The Balaban J connectivity index is 2.13. The number of hydrogen-bond donors (Lipinski definition) is 0. The van der Waals surface area contributed by atoms with E-state index < -0.39 is 9.84 Å². The summed E-state index contributed by atoms with van der Waals surface area (Å²) in [5.74, 6) is -0.0935. The molecule has 2 rings (SSSR count). The number of halogens is 1. The quantitative estimate of drug-likeness (QED) is 0.792. The molecule has 0 radical (unpaired) electrons. The fraction of sp³-hybridized carbons (Fsp3) is 0.545. The van der Waals surface area contributed by atoms with Crippen molar-refractivity contribution >= 4 is 38.7 Å². The molecule has 100 valence electrons. The van der Waals surface area contributed by atoms with Crippen molar-refractivity contribution in [1.29, 1.82) is 0 Å². The van der Waals surface area contributed by atoms with Crippen LogP contribution < -0.4 is 0 Å². The van der Waals surface area contributed by atoms with Crippen molar-refractivity contribution in [3.8, 4) is 0 Å². The van der Waals surface area contributed by atoms with E-state index in [1.54, 1.807) is 16.2 Å². The zero-order chi connectivity index (χ0) is 13.2. The van der Waals surface area contributed by atoms with Crippen LogP contribution in [0.4, 0.5) is 0 Å². The number of hydrogen-bond acceptors (Lipinski definition) is 4. The van der Waals surface area contributed by atoms with Gasteiger partial charge in [0.25, 0.3) is 0 Å². The highest BCUT2D eigenvalue weighted by atomic mass is 35.5. The smallest absolute Gasteiger partial charge is 0.238 e. The number of rotatable bonds is 4. The van der Waals surface area contributed by atoms with Crippen molar-refractivity contribution in [1.82, 2.24) is 4.90 Å². The van der Waals surface area contributed by atoms with Crippen molar-refractivity contribution in [3.05, 3.63) is 22.4 Å². The molecular formula is C11H14ClNO3S2. The molecule has 18 heavy (non-hydrogen) atoms. The summed E-state index contributed by atoms with van der Waals surface area (Å²) in [6, 6.07) is 3.61. The molecule has 1 saturated heterocycles. The molecule has 1 aliphatic rings. The number of thiophene rings is 1. The Morgan fingerprint density at radius 3 is 2.83 bits per heavy atom. The van der Waals surface area contributed by atoms with E-state index >= 15 is 0 Å². The summed E-state index contributed by atoms with van der Waals surface area (Å²) in [5.41, 5.74) is 0. The zero-order valence-electron chi connectivity index (χ0n) is 9.71. The van der Waals surface area contributed by atoms with E-state index in [0.29, 0.717) is 13.0 Å². The van der Waals surface area contributed by atoms with E-state index in [9.17, 15) is 13.2 Å². The Hall–Kier alpha value is -0.590. The maximum atomic E-state index is 11.8. The average molecular weight is 308 g/mol. The van der Waals surface area contributed by atoms with Crippen molar-refractivity contribution in [2.45, 2.75) is 19.0 Å². The van der Waals surface area contributed by atoms with Crippen molar-refractivity contribution in [2.24, 2.45) is 0 Å². The lowest BCUT2D eigenvalue weighted by atomic mass is 10.2. The van der Waals surface area contributed by atoms with Crippen LogP contribution in [0.2, 0.25) is 0 Å². The summed E-state index contributed by atoms with van der Waals surface area (Å²) >= 11 is 7.15. The van der Waals surface area contributed by atoms with Gasteiger partial charge in [-0.15, -0.1) is 22.9 Å². The predicted molar refractivity (Wildman–Crippen MR) is 72.6 cm³/mol. The second kappa shape index (κ2) is 5.59. The second-order valence-corrected chi connectivity index (χ2v) is 7.82. The molecule has 0 saturated carbocycles. The standard InChI is InChI=1S/C11H14ClNO3S2/c12-6-11(14)13(7-10-2-1-4-17-10)9-3-5-18(15,16)8-9/h1-2,4,9H,3,5-8H2/t9-/m0/s1. The first-order valence-corrected chi connectivity index (χ1v) is 8.83. The largest absolute Gasteiger partial charge is 0.332 e. The van der Waals surface area contributed by atoms with Gasteiger partial charge in [0.15, 0.2) is 9.84 Å². The third kappa shape index (κ3) is 3.24. The maximum Gasteiger partial charge on any atom is 0.238 e. The van der Waals surface area contributed by atoms with Gasteiger partial charge in [0.05, 0.1) is 18.1 Å². The number of carbonyl (C=O) groups excluding carboxylic acids is 1. The van der Waals surface area contributed by atoms with Crippen LogP contribution >= 0.6 is 22.9 Å². The van der Waals surface area contributed by atoms with Gasteiger partial charge >= 0.3 is 0 Å². The Kier molecular flexibility index (Phi) is 4.29. The van der Waals surface area contributed by atoms with Crippen molar-refractivity contribution in [3.63, 3.8) is 0 Å². The minimum Gasteiger partial charge on any atom is -0.332 e. The molecule has 0 unspecified atom stereocenters. The lowest BCUT2D eigenvalue weighted by Crippen LogP contribution is -2.41. The maximum absolute atomic E-state index is 11.8. The highest BCUT2D eigenvalue weighted by Crippen LogP contribution is 2.22. The summed E-state index contributed by atoms with van der Waals surface area (Å²) in [7, 11) is -2.99. The average Bonchev–Trinajstić information content (AvgIpc) is 2.94. The van der Waals surface area contributed by atoms with Gasteiger partial charge in [-0.2, -0.15) is 0 Å². The van der Waals surface area contributed by atoms with E-state index in [1.165, 1.54) is 0 Å². The lowest BCUT2D eigenvalue weighted by molar-refractivity contribution is -0.130. The molecule has 4 nitrogen and oxygen atoms in total. The summed E-state index contributed by atoms with van der Waals surface area (Å²) in [6.45, 7) is 0.448. The molecule has 2 heterocycles. The topological polar surface area (TPSA) is 54.5 Å². The molecule has 7 heteroatoms. The Labute approximate surface area is 115 Å². The first-order valence-electron chi connectivity index (χ1n) is 5.60. The molecule has 0 aliphatic carbocycles. The van der Waals surface area contributed by atoms with Crippen LogP contribution in [0.3, 0.4) is 0 Å². The first-order chi connectivity index (χ1) is 8.52. The van der Waals surface area contributed by atoms with Gasteiger partial charge in [-0.05, 0) is 17.9 Å². The molecule has 1 aliphatic heterocycles. The van der Waals surface area contributed by atoms with Gasteiger partial charge in [0, 0.05) is 10.9 Å². The van der Waals surface area contributed by atoms with Crippen LogP contribution in [0.25, 0.3) is 0 Å². The van der Waals surface area contributed by atoms with Crippen molar-refractivity contribution < 1.29 is 13.2 Å². The summed E-state index contributed by atoms with van der Waals surface area (Å²) in [4.78, 5) is 14.5. The van der Waals surface area contributed by atoms with E-state index in [0.717, 1.165) is 4.88 Å². The lowest BCUT2D eigenvalue weighted by Gasteiger charge is -2.27. The van der Waals surface area contributed by atoms with Crippen LogP contribution in [0, 0.1) is 0 Å². The summed E-state index contributed by atoms with van der Waals surface area (Å²) in [5, 5.41) is 1.93. The fourth-order valence-corrected chi connectivity index (χ4v) is 4.68. The molecule has 1 atom stereocenters. The molecule has 0 bridgehead atoms. The third-order valence-corrected chi connectivity index (χ3v) is 5.83. The van der Waals surface area contributed by atoms with Crippen LogP contribution in [-0.4, -0.2) is 42.7 Å². The van der Waals surface area contributed by atoms with Crippen molar-refractivity contribution in [2.75, 3.05) is 17.4 Å². The van der Waals surface area contributed by atoms with Gasteiger partial charge in [-0.3, -0.25) is 4.79 Å². The minimum atomic E-state index is -2.99. The number of carbonyl (C=O) groups is 1. The molecule has 1 aromatic heterocycles. The van der Waals surface area contributed by atoms with Gasteiger partial charge in [0.2, 0.25) is 5.91 Å². The number of alkyl halides is 1. The molecule has 1 fully saturated rings. The van der Waals surface area contributed by atoms with Gasteiger partial charge < -0.3 is 4.90 Å². The van der Waals surface area contributed by atoms with Crippen LogP contribution in [-0.2, 0) is 21.2 Å².